The van der Waals surface area contributed by atoms with Crippen LogP contribution >= 0.6 is 34.8 Å². The summed E-state index contributed by atoms with van der Waals surface area (Å²) in [4.78, 5) is 74.2. The summed E-state index contributed by atoms with van der Waals surface area (Å²) >= 11 is 18.3. The standard InChI is InChI=1S/C32H35ClF3N7O6.C27H31ClF3N7O3.C5H5ClO3/c1-19-25(49-30(45)48-19)15-43-11-4-12-46-24-10-5-20(13-23(24)33)14-37-27-40-28(42-29(41-27)47-18-32(34,35)36)39-22-8-6-21(7-9-22)26(44)38-16-31(2,3)17-43;1-26(2)14-32-10-3-11-40-21-9-4-17(12-20(21)28)13-33-23-36-24(38-25(37-23)41-16-27(29,30)31)35-19-7-5-18(6-8-19)22(39)34-15-26;1-3-4(2-6)9-5(7)8-3/h5-10,13H,4,11-12,14-18H2,1-3H3,(H,38,44)(H2,37,39,40,41,42);4-9,12,32H,3,10-11,13-16H2,1-2H3,(H,34,39)(H2,33,35,36,37,38);2H2,1H3. The molecule has 4 aromatic carbocycles. The van der Waals surface area contributed by atoms with Crippen molar-refractivity contribution in [3.8, 4) is 23.5 Å². The molecule has 8 aliphatic rings. The summed E-state index contributed by atoms with van der Waals surface area (Å²) < 4.78 is 118. The van der Waals surface area contributed by atoms with Crippen molar-refractivity contribution >= 4 is 81.8 Å². The van der Waals surface area contributed by atoms with Crippen LogP contribution in [0.1, 0.15) is 95.4 Å². The summed E-state index contributed by atoms with van der Waals surface area (Å²) in [5.41, 5.74) is 2.69. The zero-order valence-electron chi connectivity index (χ0n) is 54.3. The molecule has 99 heavy (non-hydrogen) atoms. The Balaban J connectivity index is 0.000000226. The molecule has 7 N–H and O–H groups in total. The lowest BCUT2D eigenvalue weighted by atomic mass is 9.92. The topological polar surface area (TPSA) is 323 Å². The van der Waals surface area contributed by atoms with Crippen molar-refractivity contribution in [1.29, 1.82) is 0 Å². The highest BCUT2D eigenvalue weighted by molar-refractivity contribution is 6.32. The fourth-order valence-electron chi connectivity index (χ4n) is 9.25. The van der Waals surface area contributed by atoms with Gasteiger partial charge in [-0.1, -0.05) is 63.0 Å². The molecule has 16 rings (SSSR count). The van der Waals surface area contributed by atoms with Gasteiger partial charge in [-0.15, -0.1) is 11.6 Å². The van der Waals surface area contributed by atoms with Crippen LogP contribution in [0.2, 0.25) is 10.0 Å². The van der Waals surface area contributed by atoms with Gasteiger partial charge in [-0.25, -0.2) is 9.59 Å². The van der Waals surface area contributed by atoms with E-state index in [4.69, 9.17) is 62.6 Å². The Morgan fingerprint density at radius 3 is 1.41 bits per heavy atom. The first kappa shape index (κ1) is 75.4. The smallest absolute Gasteiger partial charge is 0.492 e. The number of benzene rings is 4. The maximum absolute atomic E-state index is 13.1. The predicted octanol–water partition coefficient (Wildman–Crippen LogP) is 11.9. The van der Waals surface area contributed by atoms with Crippen LogP contribution in [0.3, 0.4) is 0 Å². The molecule has 0 unspecified atom stereocenters. The van der Waals surface area contributed by atoms with Crippen LogP contribution in [0.15, 0.2) is 112 Å². The van der Waals surface area contributed by atoms with Gasteiger partial charge in [0.05, 0.1) is 35.7 Å². The molecule has 35 heteroatoms. The van der Waals surface area contributed by atoms with Gasteiger partial charge < -0.3 is 73.8 Å². The van der Waals surface area contributed by atoms with Gasteiger partial charge in [0.2, 0.25) is 23.8 Å². The molecule has 0 spiro atoms. The highest BCUT2D eigenvalue weighted by Crippen LogP contribution is 2.30. The lowest BCUT2D eigenvalue weighted by Crippen LogP contribution is -2.42. The van der Waals surface area contributed by atoms with Crippen molar-refractivity contribution < 1.29 is 72.5 Å². The normalized spacial score (nSPS) is 15.7. The fourth-order valence-corrected chi connectivity index (χ4v) is 10.0. The zero-order chi connectivity index (χ0) is 71.5. The SMILES string of the molecule is CC1(C)CNCCCOc2ccc(cc2Cl)CNc2nc(nc(OCC(F)(F)F)n2)Nc2ccc(cc2)C(=O)NC1.Cc1oc(=O)oc1CCl.Cc1oc(=O)oc1CN1CCCOc2ccc(cc2Cl)CNc2nc(nc(OCC(F)(F)F)n2)Nc2ccc(cc2)C(=O)NCC(C)(C)C1. The van der Waals surface area contributed by atoms with E-state index in [2.05, 4.69) is 94.7 Å². The van der Waals surface area contributed by atoms with Crippen molar-refractivity contribution in [2.75, 3.05) is 87.0 Å². The number of anilines is 6. The van der Waals surface area contributed by atoms with Crippen LogP contribution in [0.25, 0.3) is 0 Å². The molecule has 8 aliphatic heterocycles. The van der Waals surface area contributed by atoms with E-state index in [1.807, 2.05) is 19.9 Å². The molecule has 0 saturated heterocycles. The number of alkyl halides is 7. The number of carbonyl (C=O) groups is 2. The molecule has 0 saturated carbocycles. The average Bonchev–Trinajstić information content (AvgIpc) is 1.58. The summed E-state index contributed by atoms with van der Waals surface area (Å²) in [6.45, 7) is 13.1. The molecule has 26 nitrogen and oxygen atoms in total. The van der Waals surface area contributed by atoms with Gasteiger partial charge in [-0.2, -0.15) is 56.2 Å². The number of ether oxygens (including phenoxy) is 4. The molecule has 0 radical (unpaired) electrons. The van der Waals surface area contributed by atoms with E-state index >= 15 is 0 Å². The number of rotatable bonds is 7. The maximum atomic E-state index is 13.1. The summed E-state index contributed by atoms with van der Waals surface area (Å²) in [5.74, 6) is 0.674. The quantitative estimate of drug-likeness (QED) is 0.0576. The summed E-state index contributed by atoms with van der Waals surface area (Å²) in [6.07, 6.45) is -7.82. The highest BCUT2D eigenvalue weighted by Gasteiger charge is 2.31. The summed E-state index contributed by atoms with van der Waals surface area (Å²) in [7, 11) is 0. The molecule has 532 valence electrons. The van der Waals surface area contributed by atoms with Gasteiger partial charge in [0.1, 0.15) is 23.0 Å². The second-order valence-corrected chi connectivity index (χ2v) is 25.0. The molecule has 12 heterocycles. The van der Waals surface area contributed by atoms with Gasteiger partial charge in [-0.3, -0.25) is 14.5 Å². The number of hydrogen-bond donors (Lipinski definition) is 7. The highest BCUT2D eigenvalue weighted by atomic mass is 35.5. The molecule has 2 amide bonds. The number of aryl methyl sites for hydroxylation is 2. The Kier molecular flexibility index (Phi) is 26.2. The number of aromatic nitrogens is 6. The molecule has 0 aliphatic carbocycles. The maximum Gasteiger partial charge on any atom is 0.519 e. The number of halogens is 9. The van der Waals surface area contributed by atoms with Gasteiger partial charge >= 0.3 is 36.0 Å². The van der Waals surface area contributed by atoms with Crippen LogP contribution in [-0.2, 0) is 25.5 Å². The minimum atomic E-state index is -4.60. The van der Waals surface area contributed by atoms with E-state index in [-0.39, 0.29) is 60.0 Å². The monoisotopic (exact) mass is 1450 g/mol. The van der Waals surface area contributed by atoms with E-state index < -0.39 is 54.6 Å². The van der Waals surface area contributed by atoms with Crippen molar-refractivity contribution in [1.82, 2.24) is 50.8 Å². The first-order valence-electron chi connectivity index (χ1n) is 30.6. The third-order valence-corrected chi connectivity index (χ3v) is 15.0. The summed E-state index contributed by atoms with van der Waals surface area (Å²) in [6, 6.07) is 22.3. The Bertz CT molecular complexity index is 4120. The molecule has 0 atom stereocenters. The number of nitrogens with one attached hydrogen (secondary N) is 7. The van der Waals surface area contributed by atoms with Crippen molar-refractivity contribution in [3.63, 3.8) is 0 Å². The number of hydrogen-bond acceptors (Lipinski definition) is 24. The first-order chi connectivity index (χ1) is 46.9. The fraction of sp³-hybridized carbons (Fsp3) is 0.406. The molecule has 0 fully saturated rings. The van der Waals surface area contributed by atoms with Crippen molar-refractivity contribution in [3.05, 3.63) is 162 Å². The molecule has 8 aromatic rings. The first-order valence-corrected chi connectivity index (χ1v) is 31.9. The van der Waals surface area contributed by atoms with Gasteiger partial charge in [0.25, 0.3) is 11.8 Å². The largest absolute Gasteiger partial charge is 0.519 e. The minimum absolute atomic E-state index is 0.0170. The molecule has 12 bridgehead atoms. The molecular weight excluding hydrogens is 1380 g/mol. The van der Waals surface area contributed by atoms with Crippen LogP contribution in [0.5, 0.6) is 23.5 Å². The predicted molar refractivity (Wildman–Crippen MR) is 354 cm³/mol. The third-order valence-electron chi connectivity index (χ3n) is 14.2. The Hall–Kier alpha value is -9.37. The molecular formula is C64H71Cl3F6N14O12. The van der Waals surface area contributed by atoms with E-state index in [1.54, 1.807) is 92.7 Å². The minimum Gasteiger partial charge on any atom is -0.492 e. The van der Waals surface area contributed by atoms with Crippen LogP contribution in [0.4, 0.5) is 61.5 Å². The van der Waals surface area contributed by atoms with Gasteiger partial charge in [-0.05, 0) is 128 Å². The van der Waals surface area contributed by atoms with E-state index in [0.717, 1.165) is 24.1 Å². The van der Waals surface area contributed by atoms with E-state index in [1.165, 1.54) is 0 Å². The average molecular weight is 1450 g/mol. The second kappa shape index (κ2) is 34.4. The number of amides is 2. The van der Waals surface area contributed by atoms with E-state index in [0.29, 0.717) is 126 Å². The van der Waals surface area contributed by atoms with Crippen molar-refractivity contribution in [2.45, 2.75) is 92.3 Å². The van der Waals surface area contributed by atoms with Crippen LogP contribution in [0, 0.1) is 24.7 Å². The van der Waals surface area contributed by atoms with E-state index in [9.17, 15) is 45.5 Å². The van der Waals surface area contributed by atoms with Crippen LogP contribution in [-0.4, -0.2) is 125 Å². The van der Waals surface area contributed by atoms with Crippen LogP contribution < -0.4 is 67.8 Å². The lowest BCUT2D eigenvalue weighted by Gasteiger charge is -2.32. The second-order valence-electron chi connectivity index (χ2n) is 24.0. The van der Waals surface area contributed by atoms with Gasteiger partial charge in [0, 0.05) is 68.3 Å². The molecule has 4 aromatic heterocycles. The number of nitrogens with zero attached hydrogens (tertiary/aromatic N) is 7. The lowest BCUT2D eigenvalue weighted by molar-refractivity contribution is -0.155. The van der Waals surface area contributed by atoms with Gasteiger partial charge in [0.15, 0.2) is 24.7 Å². The zero-order valence-corrected chi connectivity index (χ0v) is 56.6. The van der Waals surface area contributed by atoms with Crippen molar-refractivity contribution in [2.24, 2.45) is 10.8 Å². The summed E-state index contributed by atoms with van der Waals surface area (Å²) in [5, 5.41) is 21.8. The Morgan fingerprint density at radius 2 is 0.990 bits per heavy atom. The third kappa shape index (κ3) is 25.1. The Labute approximate surface area is 577 Å². The Morgan fingerprint density at radius 1 is 0.545 bits per heavy atom. The number of carbonyl (C=O) groups excluding carboxylic acids is 2.